The van der Waals surface area contributed by atoms with Gasteiger partial charge in [-0.3, -0.25) is 4.79 Å². The molecule has 2 aromatic carbocycles. The first-order valence-electron chi connectivity index (χ1n) is 6.98. The highest BCUT2D eigenvalue weighted by Gasteiger charge is 2.07. The lowest BCUT2D eigenvalue weighted by molar-refractivity contribution is 0.112. The van der Waals surface area contributed by atoms with Crippen molar-refractivity contribution in [1.82, 2.24) is 0 Å². The zero-order valence-electron chi connectivity index (χ0n) is 12.6. The van der Waals surface area contributed by atoms with E-state index in [1.165, 1.54) is 7.11 Å². The van der Waals surface area contributed by atoms with E-state index in [1.54, 1.807) is 36.4 Å². The van der Waals surface area contributed by atoms with Crippen LogP contribution < -0.4 is 14.2 Å². The van der Waals surface area contributed by atoms with Crippen molar-refractivity contribution in [2.24, 2.45) is 0 Å². The maximum Gasteiger partial charge on any atom is 0.161 e. The summed E-state index contributed by atoms with van der Waals surface area (Å²) in [5.41, 5.74) is 0.535. The summed E-state index contributed by atoms with van der Waals surface area (Å²) in [5, 5.41) is 0.863. The van der Waals surface area contributed by atoms with Gasteiger partial charge in [0.15, 0.2) is 11.5 Å². The average molecular weight is 355 g/mol. The standard InChI is InChI=1S/C17H16Cl2O4/c1-21-16-10-12(11-20)6-7-14(16)22-8-3-9-23-15-5-2-4-13(18)17(15)19/h2,4-7,10-11H,3,8-9H2,1H3. The van der Waals surface area contributed by atoms with Crippen LogP contribution >= 0.6 is 23.2 Å². The van der Waals surface area contributed by atoms with Crippen LogP contribution in [-0.2, 0) is 0 Å². The third kappa shape index (κ3) is 4.78. The van der Waals surface area contributed by atoms with E-state index >= 15 is 0 Å². The Morgan fingerprint density at radius 2 is 1.74 bits per heavy atom. The van der Waals surface area contributed by atoms with Crippen molar-refractivity contribution >= 4 is 29.5 Å². The fourth-order valence-electron chi connectivity index (χ4n) is 1.90. The number of aldehydes is 1. The molecular formula is C17H16Cl2O4. The Balaban J connectivity index is 1.81. The molecule has 0 unspecified atom stereocenters. The zero-order chi connectivity index (χ0) is 16.7. The Morgan fingerprint density at radius 1 is 1.00 bits per heavy atom. The number of halogens is 2. The lowest BCUT2D eigenvalue weighted by atomic mass is 10.2. The van der Waals surface area contributed by atoms with Crippen molar-refractivity contribution in [1.29, 1.82) is 0 Å². The number of hydrogen-bond donors (Lipinski definition) is 0. The minimum absolute atomic E-state index is 0.404. The van der Waals surface area contributed by atoms with Gasteiger partial charge in [-0.25, -0.2) is 0 Å². The van der Waals surface area contributed by atoms with Gasteiger partial charge < -0.3 is 14.2 Å². The first-order valence-corrected chi connectivity index (χ1v) is 7.74. The van der Waals surface area contributed by atoms with E-state index in [0.29, 0.717) is 52.5 Å². The highest BCUT2D eigenvalue weighted by molar-refractivity contribution is 6.42. The molecule has 0 bridgehead atoms. The van der Waals surface area contributed by atoms with Crippen molar-refractivity contribution in [2.75, 3.05) is 20.3 Å². The highest BCUT2D eigenvalue weighted by atomic mass is 35.5. The molecule has 0 heterocycles. The molecule has 2 aromatic rings. The predicted molar refractivity (Wildman–Crippen MR) is 90.5 cm³/mol. The number of carbonyl (C=O) groups is 1. The summed E-state index contributed by atoms with van der Waals surface area (Å²) in [6.07, 6.45) is 1.41. The summed E-state index contributed by atoms with van der Waals surface area (Å²) >= 11 is 12.0. The maximum absolute atomic E-state index is 10.7. The number of ether oxygens (including phenoxy) is 3. The van der Waals surface area contributed by atoms with Gasteiger partial charge in [0.25, 0.3) is 0 Å². The van der Waals surface area contributed by atoms with Gasteiger partial charge >= 0.3 is 0 Å². The minimum atomic E-state index is 0.404. The molecule has 0 fully saturated rings. The molecule has 0 spiro atoms. The van der Waals surface area contributed by atoms with E-state index in [2.05, 4.69) is 0 Å². The summed E-state index contributed by atoms with van der Waals surface area (Å²) in [5.74, 6) is 1.65. The molecule has 23 heavy (non-hydrogen) atoms. The van der Waals surface area contributed by atoms with Crippen LogP contribution in [-0.4, -0.2) is 26.6 Å². The van der Waals surface area contributed by atoms with Crippen molar-refractivity contribution in [3.8, 4) is 17.2 Å². The fraction of sp³-hybridized carbons (Fsp3) is 0.235. The summed E-state index contributed by atoms with van der Waals surface area (Å²) in [6, 6.07) is 10.2. The summed E-state index contributed by atoms with van der Waals surface area (Å²) in [4.78, 5) is 10.7. The second-order valence-electron chi connectivity index (χ2n) is 4.63. The molecule has 0 atom stereocenters. The van der Waals surface area contributed by atoms with Gasteiger partial charge in [-0.15, -0.1) is 0 Å². The van der Waals surface area contributed by atoms with Crippen molar-refractivity contribution in [2.45, 2.75) is 6.42 Å². The maximum atomic E-state index is 10.7. The minimum Gasteiger partial charge on any atom is -0.493 e. The van der Waals surface area contributed by atoms with Crippen molar-refractivity contribution in [3.63, 3.8) is 0 Å². The smallest absolute Gasteiger partial charge is 0.161 e. The first-order chi connectivity index (χ1) is 11.2. The fourth-order valence-corrected chi connectivity index (χ4v) is 2.24. The lowest BCUT2D eigenvalue weighted by Gasteiger charge is -2.12. The Bertz CT molecular complexity index is 674. The molecule has 0 saturated heterocycles. The molecule has 0 saturated carbocycles. The second-order valence-corrected chi connectivity index (χ2v) is 5.42. The molecule has 0 aliphatic rings. The van der Waals surface area contributed by atoms with Crippen LogP contribution in [0.4, 0.5) is 0 Å². The van der Waals surface area contributed by atoms with Crippen LogP contribution in [0, 0.1) is 0 Å². The highest BCUT2D eigenvalue weighted by Crippen LogP contribution is 2.31. The Kier molecular flexibility index (Phi) is 6.56. The third-order valence-corrected chi connectivity index (χ3v) is 3.85. The van der Waals surface area contributed by atoms with E-state index < -0.39 is 0 Å². The molecule has 0 aliphatic heterocycles. The normalized spacial score (nSPS) is 10.2. The number of rotatable bonds is 8. The van der Waals surface area contributed by atoms with Crippen LogP contribution in [0.15, 0.2) is 36.4 Å². The van der Waals surface area contributed by atoms with E-state index in [0.717, 1.165) is 6.29 Å². The average Bonchev–Trinajstić information content (AvgIpc) is 2.58. The number of benzene rings is 2. The molecular weight excluding hydrogens is 339 g/mol. The Morgan fingerprint density at radius 3 is 2.43 bits per heavy atom. The van der Waals surface area contributed by atoms with E-state index in [9.17, 15) is 4.79 Å². The predicted octanol–water partition coefficient (Wildman–Crippen LogP) is 4.66. The van der Waals surface area contributed by atoms with Crippen molar-refractivity contribution in [3.05, 3.63) is 52.0 Å². The number of carbonyl (C=O) groups excluding carboxylic acids is 1. The SMILES string of the molecule is COc1cc(C=O)ccc1OCCCOc1cccc(Cl)c1Cl. The van der Waals surface area contributed by atoms with Gasteiger partial charge in [0.05, 0.1) is 25.3 Å². The third-order valence-electron chi connectivity index (χ3n) is 3.04. The molecule has 6 heteroatoms. The topological polar surface area (TPSA) is 44.8 Å². The summed E-state index contributed by atoms with van der Waals surface area (Å²) < 4.78 is 16.4. The molecule has 0 aromatic heterocycles. The van der Waals surface area contributed by atoms with Crippen LogP contribution in [0.5, 0.6) is 17.2 Å². The zero-order valence-corrected chi connectivity index (χ0v) is 14.1. The number of methoxy groups -OCH3 is 1. The van der Waals surface area contributed by atoms with Gasteiger partial charge in [0.2, 0.25) is 0 Å². The molecule has 0 aliphatic carbocycles. The lowest BCUT2D eigenvalue weighted by Crippen LogP contribution is -2.06. The Hall–Kier alpha value is -1.91. The van der Waals surface area contributed by atoms with E-state index in [1.807, 2.05) is 0 Å². The largest absolute Gasteiger partial charge is 0.493 e. The number of hydrogen-bond acceptors (Lipinski definition) is 4. The van der Waals surface area contributed by atoms with Gasteiger partial charge in [0, 0.05) is 12.0 Å². The Labute approximate surface area is 144 Å². The molecule has 4 nitrogen and oxygen atoms in total. The monoisotopic (exact) mass is 354 g/mol. The van der Waals surface area contributed by atoms with E-state index in [-0.39, 0.29) is 0 Å². The first kappa shape index (κ1) is 17.4. The van der Waals surface area contributed by atoms with Crippen LogP contribution in [0.25, 0.3) is 0 Å². The van der Waals surface area contributed by atoms with Crippen LogP contribution in [0.3, 0.4) is 0 Å². The van der Waals surface area contributed by atoms with Crippen LogP contribution in [0.2, 0.25) is 10.0 Å². The molecule has 0 radical (unpaired) electrons. The quantitative estimate of drug-likeness (QED) is 0.510. The molecule has 0 amide bonds. The summed E-state index contributed by atoms with van der Waals surface area (Å²) in [6.45, 7) is 0.879. The summed E-state index contributed by atoms with van der Waals surface area (Å²) in [7, 11) is 1.53. The molecule has 122 valence electrons. The van der Waals surface area contributed by atoms with Gasteiger partial charge in [-0.2, -0.15) is 0 Å². The molecule has 0 N–H and O–H groups in total. The second kappa shape index (κ2) is 8.65. The van der Waals surface area contributed by atoms with Gasteiger partial charge in [0.1, 0.15) is 17.1 Å². The van der Waals surface area contributed by atoms with Gasteiger partial charge in [-0.05, 0) is 30.3 Å². The van der Waals surface area contributed by atoms with Gasteiger partial charge in [-0.1, -0.05) is 29.3 Å². The van der Waals surface area contributed by atoms with Crippen LogP contribution in [0.1, 0.15) is 16.8 Å². The van der Waals surface area contributed by atoms with Crippen molar-refractivity contribution < 1.29 is 19.0 Å². The molecule has 2 rings (SSSR count). The van der Waals surface area contributed by atoms with E-state index in [4.69, 9.17) is 37.4 Å².